The number of nitrogens with zero attached hydrogens (tertiary/aromatic N) is 4. The largest absolute Gasteiger partial charge is 0.469 e. The predicted octanol–water partition coefficient (Wildman–Crippen LogP) is 2.24. The summed E-state index contributed by atoms with van der Waals surface area (Å²) < 4.78 is 5.53. The zero-order valence-corrected chi connectivity index (χ0v) is 13.6. The fourth-order valence-corrected chi connectivity index (χ4v) is 2.96. The van der Waals surface area contributed by atoms with E-state index in [9.17, 15) is 9.90 Å². The van der Waals surface area contributed by atoms with Crippen LogP contribution in [0.4, 0.5) is 9.93 Å². The fourth-order valence-electron chi connectivity index (χ4n) is 2.20. The molecule has 0 spiro atoms. The molecular formula is C14H22N4O3S. The van der Waals surface area contributed by atoms with Gasteiger partial charge in [0.05, 0.1) is 13.2 Å². The highest BCUT2D eigenvalue weighted by atomic mass is 32.1. The van der Waals surface area contributed by atoms with Crippen molar-refractivity contribution in [2.24, 2.45) is 0 Å². The number of hydrogen-bond acceptors (Lipinski definition) is 6. The van der Waals surface area contributed by atoms with E-state index in [1.165, 1.54) is 34.0 Å². The molecular weight excluding hydrogens is 304 g/mol. The van der Waals surface area contributed by atoms with Crippen molar-refractivity contribution in [1.29, 1.82) is 0 Å². The second-order valence-electron chi connectivity index (χ2n) is 5.09. The van der Waals surface area contributed by atoms with E-state index in [0.717, 1.165) is 12.8 Å². The van der Waals surface area contributed by atoms with Crippen molar-refractivity contribution in [3.8, 4) is 5.19 Å². The van der Waals surface area contributed by atoms with Crippen molar-refractivity contribution >= 4 is 22.5 Å². The summed E-state index contributed by atoms with van der Waals surface area (Å²) in [5.74, 6) is 0. The average Bonchev–Trinajstić information content (AvgIpc) is 3.05. The van der Waals surface area contributed by atoms with Crippen LogP contribution < -0.4 is 9.64 Å². The number of rotatable bonds is 9. The van der Waals surface area contributed by atoms with Crippen LogP contribution >= 0.6 is 11.3 Å². The van der Waals surface area contributed by atoms with Gasteiger partial charge in [-0.15, -0.1) is 11.7 Å². The number of carbonyl (C=O) groups excluding carboxylic acids is 1. The quantitative estimate of drug-likeness (QED) is 0.556. The van der Waals surface area contributed by atoms with Crippen molar-refractivity contribution in [2.45, 2.75) is 38.8 Å². The molecule has 1 unspecified atom stereocenters. The van der Waals surface area contributed by atoms with Crippen LogP contribution in [-0.4, -0.2) is 52.2 Å². The number of urea groups is 1. The minimum atomic E-state index is -0.919. The molecule has 22 heavy (non-hydrogen) atoms. The number of carbonyl (C=O) groups is 1. The van der Waals surface area contributed by atoms with Crippen LogP contribution in [0.25, 0.3) is 0 Å². The summed E-state index contributed by atoms with van der Waals surface area (Å²) in [4.78, 5) is 14.9. The fraction of sp³-hybridized carbons (Fsp3) is 0.643. The van der Waals surface area contributed by atoms with Gasteiger partial charge >= 0.3 is 6.03 Å². The van der Waals surface area contributed by atoms with E-state index in [2.05, 4.69) is 23.7 Å². The van der Waals surface area contributed by atoms with Crippen molar-refractivity contribution < 1.29 is 14.6 Å². The second kappa shape index (κ2) is 8.09. The number of amides is 2. The molecule has 2 rings (SSSR count). The molecule has 1 fully saturated rings. The van der Waals surface area contributed by atoms with Crippen LogP contribution in [0.5, 0.6) is 5.19 Å². The van der Waals surface area contributed by atoms with Gasteiger partial charge in [0, 0.05) is 6.54 Å². The molecule has 2 amide bonds. The normalized spacial score (nSPS) is 18.1. The molecule has 1 aliphatic heterocycles. The zero-order valence-electron chi connectivity index (χ0n) is 12.8. The molecule has 7 nitrogen and oxygen atoms in total. The van der Waals surface area contributed by atoms with Crippen molar-refractivity contribution in [3.63, 3.8) is 0 Å². The Morgan fingerprint density at radius 3 is 3.00 bits per heavy atom. The number of ether oxygens (including phenoxy) is 1. The minimum Gasteiger partial charge on any atom is -0.469 e. The third-order valence-corrected chi connectivity index (χ3v) is 4.17. The number of β-amino-alcohol motifs (C(OH)–C–C–N with tert-alkyl or cyclic N) is 1. The molecule has 0 saturated carbocycles. The Labute approximate surface area is 134 Å². The van der Waals surface area contributed by atoms with Crippen molar-refractivity contribution in [3.05, 3.63) is 12.7 Å². The maximum atomic E-state index is 12.2. The van der Waals surface area contributed by atoms with Crippen molar-refractivity contribution in [2.75, 3.05) is 24.6 Å². The lowest BCUT2D eigenvalue weighted by Gasteiger charge is -2.15. The van der Waals surface area contributed by atoms with E-state index in [4.69, 9.17) is 4.74 Å². The molecule has 0 aromatic carbocycles. The van der Waals surface area contributed by atoms with Gasteiger partial charge in [0.25, 0.3) is 5.19 Å². The second-order valence-corrected chi connectivity index (χ2v) is 6.01. The van der Waals surface area contributed by atoms with Crippen LogP contribution in [0.1, 0.15) is 32.6 Å². The van der Waals surface area contributed by atoms with Gasteiger partial charge in [-0.3, -0.25) is 0 Å². The zero-order chi connectivity index (χ0) is 15.9. The van der Waals surface area contributed by atoms with E-state index in [1.807, 2.05) is 0 Å². The molecule has 122 valence electrons. The average molecular weight is 326 g/mol. The molecule has 1 atom stereocenters. The van der Waals surface area contributed by atoms with Crippen molar-refractivity contribution in [1.82, 2.24) is 15.1 Å². The molecule has 0 radical (unpaired) electrons. The molecule has 1 N–H and O–H groups in total. The number of aromatic nitrogens is 2. The van der Waals surface area contributed by atoms with Crippen LogP contribution in [0.15, 0.2) is 12.7 Å². The maximum absolute atomic E-state index is 12.2. The maximum Gasteiger partial charge on any atom is 0.329 e. The Bertz CT molecular complexity index is 508. The first kappa shape index (κ1) is 16.7. The van der Waals surface area contributed by atoms with E-state index in [0.29, 0.717) is 23.5 Å². The molecule has 1 aromatic rings. The molecule has 1 aliphatic rings. The number of aliphatic hydroxyl groups excluding tert-OH is 1. The Morgan fingerprint density at radius 1 is 1.45 bits per heavy atom. The Morgan fingerprint density at radius 2 is 2.27 bits per heavy atom. The van der Waals surface area contributed by atoms with Gasteiger partial charge in [-0.25, -0.2) is 9.69 Å². The Balaban J connectivity index is 1.90. The third kappa shape index (κ3) is 3.95. The van der Waals surface area contributed by atoms with Gasteiger partial charge in [-0.2, -0.15) is 0 Å². The summed E-state index contributed by atoms with van der Waals surface area (Å²) in [6.45, 7) is 6.98. The van der Waals surface area contributed by atoms with Gasteiger partial charge in [0.1, 0.15) is 0 Å². The minimum absolute atomic E-state index is 0.234. The first-order valence-corrected chi connectivity index (χ1v) is 8.32. The van der Waals surface area contributed by atoms with E-state index >= 15 is 0 Å². The van der Waals surface area contributed by atoms with E-state index in [1.54, 1.807) is 6.08 Å². The van der Waals surface area contributed by atoms with Gasteiger partial charge < -0.3 is 14.7 Å². The first-order chi connectivity index (χ1) is 10.7. The Kier molecular flexibility index (Phi) is 6.14. The summed E-state index contributed by atoms with van der Waals surface area (Å²) in [5, 5.41) is 18.7. The van der Waals surface area contributed by atoms with Crippen LogP contribution in [0.3, 0.4) is 0 Å². The summed E-state index contributed by atoms with van der Waals surface area (Å²) >= 11 is 1.17. The highest BCUT2D eigenvalue weighted by molar-refractivity contribution is 7.17. The third-order valence-electron chi connectivity index (χ3n) is 3.33. The number of unbranched alkanes of at least 4 members (excludes halogenated alkanes) is 3. The lowest BCUT2D eigenvalue weighted by atomic mass is 10.2. The lowest BCUT2D eigenvalue weighted by Crippen LogP contribution is -2.34. The summed E-state index contributed by atoms with van der Waals surface area (Å²) in [7, 11) is 0. The monoisotopic (exact) mass is 326 g/mol. The van der Waals surface area contributed by atoms with Gasteiger partial charge in [-0.05, 0) is 17.8 Å². The van der Waals surface area contributed by atoms with E-state index < -0.39 is 6.23 Å². The predicted molar refractivity (Wildman–Crippen MR) is 85.2 cm³/mol. The molecule has 2 heterocycles. The number of anilines is 1. The van der Waals surface area contributed by atoms with Crippen LogP contribution in [0, 0.1) is 0 Å². The van der Waals surface area contributed by atoms with Crippen LogP contribution in [-0.2, 0) is 0 Å². The molecule has 0 aliphatic carbocycles. The summed E-state index contributed by atoms with van der Waals surface area (Å²) in [5.41, 5.74) is 0. The summed E-state index contributed by atoms with van der Waals surface area (Å²) in [6.07, 6.45) is 5.18. The van der Waals surface area contributed by atoms with Gasteiger partial charge in [0.2, 0.25) is 5.13 Å². The smallest absolute Gasteiger partial charge is 0.329 e. The molecule has 1 saturated heterocycles. The highest BCUT2D eigenvalue weighted by Gasteiger charge is 2.38. The standard InChI is InChI=1S/C14H22N4O3S/c1-3-5-6-7-9-21-13-16-15-12(22-13)18-11(19)10-17(8-4-2)14(18)20/h4,11,19H,2-3,5-10H2,1H3. The highest BCUT2D eigenvalue weighted by Crippen LogP contribution is 2.30. The molecule has 1 aromatic heterocycles. The van der Waals surface area contributed by atoms with E-state index in [-0.39, 0.29) is 12.6 Å². The molecule has 0 bridgehead atoms. The van der Waals surface area contributed by atoms with Crippen LogP contribution in [0.2, 0.25) is 0 Å². The molecule has 8 heteroatoms. The number of aliphatic hydroxyl groups is 1. The number of hydrogen-bond donors (Lipinski definition) is 1. The lowest BCUT2D eigenvalue weighted by molar-refractivity contribution is 0.180. The Hall–Kier alpha value is -1.67. The van der Waals surface area contributed by atoms with Gasteiger partial charge in [-0.1, -0.05) is 37.4 Å². The van der Waals surface area contributed by atoms with Gasteiger partial charge in [0.15, 0.2) is 6.23 Å². The summed E-state index contributed by atoms with van der Waals surface area (Å²) in [6, 6.07) is -0.293. The topological polar surface area (TPSA) is 78.8 Å². The first-order valence-electron chi connectivity index (χ1n) is 7.50. The SMILES string of the molecule is C=CCN1CC(O)N(c2nnc(OCCCCCC)s2)C1=O.